The summed E-state index contributed by atoms with van der Waals surface area (Å²) in [6.45, 7) is 6.68. The van der Waals surface area contributed by atoms with Crippen molar-refractivity contribution in [3.8, 4) is 0 Å². The highest BCUT2D eigenvalue weighted by Gasteiger charge is 2.57. The molecule has 0 bridgehead atoms. The van der Waals surface area contributed by atoms with Crippen LogP contribution in [0, 0.1) is 9.49 Å². The van der Waals surface area contributed by atoms with Crippen LogP contribution in [0.15, 0.2) is 72.0 Å². The molecule has 1 fully saturated rings. The lowest BCUT2D eigenvalue weighted by Gasteiger charge is -2.46. The van der Waals surface area contributed by atoms with Crippen LogP contribution in [0.5, 0.6) is 0 Å². The second-order valence-corrected chi connectivity index (χ2v) is 16.8. The second-order valence-electron chi connectivity index (χ2n) is 10.6. The van der Waals surface area contributed by atoms with Gasteiger partial charge in [-0.05, 0) is 50.7 Å². The molecule has 2 aromatic carbocycles. The van der Waals surface area contributed by atoms with Crippen LogP contribution in [0.1, 0.15) is 27.2 Å². The van der Waals surface area contributed by atoms with Gasteiger partial charge in [-0.1, -0.05) is 93.2 Å². The summed E-state index contributed by atoms with van der Waals surface area (Å²) in [4.78, 5) is 22.3. The van der Waals surface area contributed by atoms with Crippen molar-refractivity contribution in [1.82, 2.24) is 9.97 Å². The molecule has 3 aromatic rings. The number of rotatable bonds is 9. The topological polar surface area (TPSA) is 82.6 Å². The number of hydrogen-bond acceptors (Lipinski definition) is 8. The first kappa shape index (κ1) is 30.0. The van der Waals surface area contributed by atoms with Crippen molar-refractivity contribution in [2.45, 2.75) is 55.6 Å². The Bertz CT molecular complexity index is 1220. The molecule has 0 saturated heterocycles. The molecule has 0 aliphatic heterocycles. The Balaban J connectivity index is 1.83. The number of hydrogen-bond donors (Lipinski definition) is 1. The summed E-state index contributed by atoms with van der Waals surface area (Å²) in [5.41, 5.74) is 0. The quantitative estimate of drug-likeness (QED) is 0.115. The Morgan fingerprint density at radius 3 is 2.10 bits per heavy atom. The van der Waals surface area contributed by atoms with Gasteiger partial charge in [0.2, 0.25) is 0 Å². The average molecular weight is 678 g/mol. The maximum absolute atomic E-state index is 13.3. The number of carbonyl (C=O) groups excluding carboxylic acids is 1. The molecule has 1 aliphatic rings. The first-order valence-electron chi connectivity index (χ1n) is 12.9. The van der Waals surface area contributed by atoms with Gasteiger partial charge in [0.25, 0.3) is 8.32 Å². The standard InChI is InChI=1S/C29H36IN3O4SSi/c1-29(2,3)39(19-13-9-7-10-14-19,20-15-11-8-12-16-20)37-24-21(27(34)36-5)17-23(25(24)35-4)32-26-22(30)18-31-28(33-26)38-6/h7-16,18,21,23-25H,17H2,1-6H3,(H,31,32,33). The largest absolute Gasteiger partial charge is 0.469 e. The Hall–Kier alpha value is -1.99. The number of thioether (sulfide) groups is 1. The molecule has 1 saturated carbocycles. The number of halogens is 1. The Morgan fingerprint density at radius 1 is 1.03 bits per heavy atom. The zero-order valence-electron chi connectivity index (χ0n) is 23.2. The van der Waals surface area contributed by atoms with Gasteiger partial charge >= 0.3 is 5.97 Å². The van der Waals surface area contributed by atoms with Crippen LogP contribution < -0.4 is 15.7 Å². The third kappa shape index (κ3) is 6.04. The first-order valence-corrected chi connectivity index (χ1v) is 17.1. The van der Waals surface area contributed by atoms with E-state index in [4.69, 9.17) is 13.9 Å². The van der Waals surface area contributed by atoms with Crippen LogP contribution in [0.25, 0.3) is 0 Å². The van der Waals surface area contributed by atoms with Crippen molar-refractivity contribution >= 4 is 64.8 Å². The summed E-state index contributed by atoms with van der Waals surface area (Å²) in [5.74, 6) is -0.0956. The SMILES string of the molecule is COC(=O)C1CC(Nc2nc(SC)ncc2I)C(OC)C1O[Si](c1ccccc1)(c1ccccc1)C(C)(C)C. The number of ether oxygens (including phenoxy) is 2. The van der Waals surface area contributed by atoms with Crippen molar-refractivity contribution in [2.24, 2.45) is 5.92 Å². The molecular formula is C29H36IN3O4SSi. The van der Waals surface area contributed by atoms with Gasteiger partial charge in [0.15, 0.2) is 5.16 Å². The summed E-state index contributed by atoms with van der Waals surface area (Å²) < 4.78 is 19.8. The minimum atomic E-state index is -2.97. The summed E-state index contributed by atoms with van der Waals surface area (Å²) in [5, 5.41) is 6.27. The zero-order chi connectivity index (χ0) is 28.2. The maximum atomic E-state index is 13.3. The summed E-state index contributed by atoms with van der Waals surface area (Å²) in [6, 6.07) is 20.6. The van der Waals surface area contributed by atoms with E-state index in [1.807, 2.05) is 18.4 Å². The van der Waals surface area contributed by atoms with E-state index in [2.05, 4.69) is 107 Å². The lowest BCUT2D eigenvalue weighted by atomic mass is 10.1. The predicted octanol–water partition coefficient (Wildman–Crippen LogP) is 4.74. The molecule has 10 heteroatoms. The van der Waals surface area contributed by atoms with E-state index in [0.717, 1.165) is 19.8 Å². The highest BCUT2D eigenvalue weighted by Crippen LogP contribution is 2.42. The fourth-order valence-electron chi connectivity index (χ4n) is 5.59. The lowest BCUT2D eigenvalue weighted by Crippen LogP contribution is -2.69. The van der Waals surface area contributed by atoms with Crippen molar-refractivity contribution in [2.75, 3.05) is 25.8 Å². The van der Waals surface area contributed by atoms with Gasteiger partial charge in [0.1, 0.15) is 11.9 Å². The molecule has 4 atom stereocenters. The number of aromatic nitrogens is 2. The van der Waals surface area contributed by atoms with E-state index in [9.17, 15) is 4.79 Å². The van der Waals surface area contributed by atoms with Crippen LogP contribution in [-0.4, -0.2) is 63.0 Å². The first-order chi connectivity index (χ1) is 18.7. The zero-order valence-corrected chi connectivity index (χ0v) is 27.2. The van der Waals surface area contributed by atoms with Crippen LogP contribution >= 0.6 is 34.4 Å². The van der Waals surface area contributed by atoms with Gasteiger partial charge in [-0.3, -0.25) is 4.79 Å². The molecule has 1 heterocycles. The van der Waals surface area contributed by atoms with Gasteiger partial charge in [-0.25, -0.2) is 9.97 Å². The average Bonchev–Trinajstić information content (AvgIpc) is 3.29. The normalized spacial score (nSPS) is 21.5. The predicted molar refractivity (Wildman–Crippen MR) is 167 cm³/mol. The van der Waals surface area contributed by atoms with Crippen LogP contribution in [0.4, 0.5) is 5.82 Å². The number of esters is 1. The van der Waals surface area contributed by atoms with Gasteiger partial charge in [0.05, 0.1) is 28.7 Å². The molecule has 4 unspecified atom stereocenters. The van der Waals surface area contributed by atoms with E-state index >= 15 is 0 Å². The smallest absolute Gasteiger partial charge is 0.311 e. The molecule has 1 N–H and O–H groups in total. The van der Waals surface area contributed by atoms with Gasteiger partial charge in [0, 0.05) is 13.3 Å². The Labute approximate surface area is 250 Å². The minimum Gasteiger partial charge on any atom is -0.469 e. The van der Waals surface area contributed by atoms with E-state index in [-0.39, 0.29) is 17.0 Å². The number of carbonyl (C=O) groups is 1. The van der Waals surface area contributed by atoms with Gasteiger partial charge in [-0.2, -0.15) is 0 Å². The fourth-order valence-corrected chi connectivity index (χ4v) is 11.1. The van der Waals surface area contributed by atoms with E-state index < -0.39 is 26.4 Å². The molecule has 4 rings (SSSR count). The molecule has 1 aliphatic carbocycles. The van der Waals surface area contributed by atoms with E-state index in [1.165, 1.54) is 18.9 Å². The second kappa shape index (κ2) is 12.7. The van der Waals surface area contributed by atoms with Crippen LogP contribution in [0.2, 0.25) is 5.04 Å². The highest BCUT2D eigenvalue weighted by atomic mass is 127. The van der Waals surface area contributed by atoms with Gasteiger partial charge < -0.3 is 19.2 Å². The molecule has 0 spiro atoms. The van der Waals surface area contributed by atoms with E-state index in [0.29, 0.717) is 11.6 Å². The third-order valence-corrected chi connectivity index (χ3v) is 13.7. The molecule has 39 heavy (non-hydrogen) atoms. The number of nitrogens with zero attached hydrogens (tertiary/aromatic N) is 2. The number of benzene rings is 2. The lowest BCUT2D eigenvalue weighted by molar-refractivity contribution is -0.149. The van der Waals surface area contributed by atoms with Crippen molar-refractivity contribution in [3.05, 3.63) is 70.4 Å². The molecule has 1 aromatic heterocycles. The number of nitrogens with one attached hydrogen (secondary N) is 1. The van der Waals surface area contributed by atoms with Crippen LogP contribution in [-0.2, 0) is 18.7 Å². The van der Waals surface area contributed by atoms with E-state index in [1.54, 1.807) is 13.3 Å². The molecule has 0 radical (unpaired) electrons. The summed E-state index contributed by atoms with van der Waals surface area (Å²) in [7, 11) is 0.147. The third-order valence-electron chi connectivity index (χ3n) is 7.36. The molecular weight excluding hydrogens is 641 g/mol. The van der Waals surface area contributed by atoms with Crippen molar-refractivity contribution < 1.29 is 18.7 Å². The van der Waals surface area contributed by atoms with Gasteiger partial charge in [-0.15, -0.1) is 0 Å². The van der Waals surface area contributed by atoms with Crippen molar-refractivity contribution in [3.63, 3.8) is 0 Å². The molecule has 208 valence electrons. The fraction of sp³-hybridized carbons (Fsp3) is 0.414. The maximum Gasteiger partial charge on any atom is 0.311 e. The number of anilines is 1. The minimum absolute atomic E-state index is 0.222. The van der Waals surface area contributed by atoms with Crippen LogP contribution in [0.3, 0.4) is 0 Å². The van der Waals surface area contributed by atoms with Crippen molar-refractivity contribution in [1.29, 1.82) is 0 Å². The monoisotopic (exact) mass is 677 g/mol. The Kier molecular flexibility index (Phi) is 9.74. The molecule has 0 amide bonds. The Morgan fingerprint density at radius 2 is 1.62 bits per heavy atom. The summed E-state index contributed by atoms with van der Waals surface area (Å²) in [6.07, 6.45) is 3.28. The molecule has 7 nitrogen and oxygen atoms in total. The number of methoxy groups -OCH3 is 2. The summed E-state index contributed by atoms with van der Waals surface area (Å²) >= 11 is 3.71. The highest BCUT2D eigenvalue weighted by molar-refractivity contribution is 14.1.